The average molecular weight is 406 g/mol. The summed E-state index contributed by atoms with van der Waals surface area (Å²) in [7, 11) is 0. The van der Waals surface area contributed by atoms with Gasteiger partial charge in [0, 0.05) is 38.3 Å². The molecule has 1 unspecified atom stereocenters. The molecule has 3 rings (SSSR count). The normalized spacial score (nSPS) is 16.0. The molecule has 0 aromatic heterocycles. The van der Waals surface area contributed by atoms with Crippen molar-refractivity contribution in [2.45, 2.75) is 26.1 Å². The van der Waals surface area contributed by atoms with Gasteiger partial charge >= 0.3 is 0 Å². The maximum absolute atomic E-state index is 13.9. The summed E-state index contributed by atoms with van der Waals surface area (Å²) in [6.07, 6.45) is -0.575. The number of benzene rings is 2. The van der Waals surface area contributed by atoms with Gasteiger partial charge in [-0.1, -0.05) is 24.3 Å². The SMILES string of the molecule is Cc1ccc(CNCc2cccc(OCC(O)CN3CCOCC3)c2)c(F)c1F. The smallest absolute Gasteiger partial charge is 0.163 e. The number of rotatable bonds is 9. The molecule has 1 heterocycles. The molecule has 158 valence electrons. The first-order valence-corrected chi connectivity index (χ1v) is 9.87. The number of aliphatic hydroxyl groups is 1. The fraction of sp³-hybridized carbons (Fsp3) is 0.455. The van der Waals surface area contributed by atoms with Crippen LogP contribution in [-0.2, 0) is 17.8 Å². The zero-order valence-electron chi connectivity index (χ0n) is 16.7. The van der Waals surface area contributed by atoms with E-state index in [2.05, 4.69) is 10.2 Å². The van der Waals surface area contributed by atoms with E-state index in [1.165, 1.54) is 0 Å². The van der Waals surface area contributed by atoms with E-state index in [0.717, 1.165) is 18.7 Å². The number of nitrogens with zero attached hydrogens (tertiary/aromatic N) is 1. The number of β-amino-alcohol motifs (C(OH)–C–C–N with tert-alkyl or cyclic N) is 1. The molecule has 1 aliphatic rings. The van der Waals surface area contributed by atoms with Crippen LogP contribution in [0.25, 0.3) is 0 Å². The van der Waals surface area contributed by atoms with E-state index < -0.39 is 17.7 Å². The minimum absolute atomic E-state index is 0.210. The maximum atomic E-state index is 13.9. The van der Waals surface area contributed by atoms with Crippen LogP contribution in [0.15, 0.2) is 36.4 Å². The number of halogens is 2. The molecule has 2 aromatic carbocycles. The summed E-state index contributed by atoms with van der Waals surface area (Å²) < 4.78 is 38.6. The largest absolute Gasteiger partial charge is 0.491 e. The van der Waals surface area contributed by atoms with E-state index in [9.17, 15) is 13.9 Å². The first kappa shape index (κ1) is 21.6. The molecule has 2 N–H and O–H groups in total. The second-order valence-electron chi connectivity index (χ2n) is 7.30. The molecule has 7 heteroatoms. The fourth-order valence-corrected chi connectivity index (χ4v) is 3.24. The molecule has 2 aromatic rings. The monoisotopic (exact) mass is 406 g/mol. The Labute approximate surface area is 170 Å². The average Bonchev–Trinajstić information content (AvgIpc) is 2.73. The number of hydrogen-bond donors (Lipinski definition) is 2. The summed E-state index contributed by atoms with van der Waals surface area (Å²) in [5.74, 6) is -0.933. The van der Waals surface area contributed by atoms with Gasteiger partial charge in [0.2, 0.25) is 0 Å². The molecular formula is C22H28F2N2O3. The standard InChI is InChI=1S/C22H28F2N2O3/c1-16-5-6-18(22(24)21(16)23)13-25-12-17-3-2-4-20(11-17)29-15-19(27)14-26-7-9-28-10-8-26/h2-6,11,19,25,27H,7-10,12-15H2,1H3. The molecule has 1 atom stereocenters. The minimum Gasteiger partial charge on any atom is -0.491 e. The zero-order valence-corrected chi connectivity index (χ0v) is 16.7. The quantitative estimate of drug-likeness (QED) is 0.671. The van der Waals surface area contributed by atoms with Crippen molar-refractivity contribution in [3.63, 3.8) is 0 Å². The fourth-order valence-electron chi connectivity index (χ4n) is 3.24. The molecule has 1 fully saturated rings. The predicted octanol–water partition coefficient (Wildman–Crippen LogP) is 2.63. The Hall–Kier alpha value is -2.06. The highest BCUT2D eigenvalue weighted by molar-refractivity contribution is 5.29. The van der Waals surface area contributed by atoms with Crippen molar-refractivity contribution in [2.75, 3.05) is 39.5 Å². The number of hydrogen-bond acceptors (Lipinski definition) is 5. The number of aliphatic hydroxyl groups excluding tert-OH is 1. The van der Waals surface area contributed by atoms with Crippen molar-refractivity contribution in [2.24, 2.45) is 0 Å². The Morgan fingerprint density at radius 3 is 2.72 bits per heavy atom. The Bertz CT molecular complexity index is 798. The highest BCUT2D eigenvalue weighted by atomic mass is 19.2. The van der Waals surface area contributed by atoms with E-state index in [-0.39, 0.29) is 13.2 Å². The van der Waals surface area contributed by atoms with Crippen LogP contribution < -0.4 is 10.1 Å². The third-order valence-electron chi connectivity index (χ3n) is 4.91. The minimum atomic E-state index is -0.802. The van der Waals surface area contributed by atoms with Crippen LogP contribution in [0.3, 0.4) is 0 Å². The van der Waals surface area contributed by atoms with Gasteiger partial charge in [-0.05, 0) is 30.2 Å². The molecule has 5 nitrogen and oxygen atoms in total. The van der Waals surface area contributed by atoms with Crippen molar-refractivity contribution < 1.29 is 23.4 Å². The maximum Gasteiger partial charge on any atom is 0.163 e. The van der Waals surface area contributed by atoms with Gasteiger partial charge in [0.25, 0.3) is 0 Å². The van der Waals surface area contributed by atoms with Crippen molar-refractivity contribution in [3.05, 3.63) is 64.7 Å². The van der Waals surface area contributed by atoms with E-state index in [4.69, 9.17) is 9.47 Å². The highest BCUT2D eigenvalue weighted by Gasteiger charge is 2.15. The molecular weight excluding hydrogens is 378 g/mol. The molecule has 1 aliphatic heterocycles. The molecule has 1 saturated heterocycles. The molecule has 0 saturated carbocycles. The number of morpholine rings is 1. The first-order valence-electron chi connectivity index (χ1n) is 9.87. The third kappa shape index (κ3) is 6.47. The van der Waals surface area contributed by atoms with Crippen molar-refractivity contribution in [3.8, 4) is 5.75 Å². The van der Waals surface area contributed by atoms with Gasteiger partial charge in [-0.2, -0.15) is 0 Å². The van der Waals surface area contributed by atoms with Crippen LogP contribution in [0.1, 0.15) is 16.7 Å². The van der Waals surface area contributed by atoms with Gasteiger partial charge < -0.3 is 19.9 Å². The van der Waals surface area contributed by atoms with Crippen LogP contribution in [0.5, 0.6) is 5.75 Å². The topological polar surface area (TPSA) is 54.0 Å². The second kappa shape index (κ2) is 10.6. The molecule has 0 spiro atoms. The molecule has 0 amide bonds. The zero-order chi connectivity index (χ0) is 20.6. The van der Waals surface area contributed by atoms with E-state index in [1.54, 1.807) is 19.1 Å². The van der Waals surface area contributed by atoms with E-state index in [1.807, 2.05) is 24.3 Å². The number of nitrogens with one attached hydrogen (secondary N) is 1. The summed E-state index contributed by atoms with van der Waals surface area (Å²) >= 11 is 0. The van der Waals surface area contributed by atoms with Crippen LogP contribution in [-0.4, -0.2) is 55.6 Å². The lowest BCUT2D eigenvalue weighted by atomic mass is 10.1. The van der Waals surface area contributed by atoms with Crippen LogP contribution >= 0.6 is 0 Å². The van der Waals surface area contributed by atoms with Crippen molar-refractivity contribution in [1.82, 2.24) is 10.2 Å². The lowest BCUT2D eigenvalue weighted by molar-refractivity contribution is 0.00465. The molecule has 0 bridgehead atoms. The molecule has 0 aliphatic carbocycles. The molecule has 29 heavy (non-hydrogen) atoms. The summed E-state index contributed by atoms with van der Waals surface area (Å²) in [4.78, 5) is 2.16. The van der Waals surface area contributed by atoms with Gasteiger partial charge in [0.05, 0.1) is 13.2 Å². The van der Waals surface area contributed by atoms with Gasteiger partial charge in [-0.15, -0.1) is 0 Å². The van der Waals surface area contributed by atoms with Gasteiger partial charge in [-0.3, -0.25) is 4.90 Å². The number of aryl methyl sites for hydroxylation is 1. The van der Waals surface area contributed by atoms with Gasteiger partial charge in [0.15, 0.2) is 11.6 Å². The molecule has 0 radical (unpaired) electrons. The van der Waals surface area contributed by atoms with Gasteiger partial charge in [-0.25, -0.2) is 8.78 Å². The van der Waals surface area contributed by atoms with Gasteiger partial charge in [0.1, 0.15) is 18.5 Å². The van der Waals surface area contributed by atoms with Crippen molar-refractivity contribution in [1.29, 1.82) is 0 Å². The van der Waals surface area contributed by atoms with Crippen LogP contribution in [0, 0.1) is 18.6 Å². The lowest BCUT2D eigenvalue weighted by Gasteiger charge is -2.28. The van der Waals surface area contributed by atoms with E-state index in [0.29, 0.717) is 43.2 Å². The summed E-state index contributed by atoms with van der Waals surface area (Å²) in [6, 6.07) is 10.7. The van der Waals surface area contributed by atoms with Crippen molar-refractivity contribution >= 4 is 0 Å². The number of ether oxygens (including phenoxy) is 2. The Kier molecular flexibility index (Phi) is 7.94. The highest BCUT2D eigenvalue weighted by Crippen LogP contribution is 2.17. The second-order valence-corrected chi connectivity index (χ2v) is 7.30. The predicted molar refractivity (Wildman–Crippen MR) is 107 cm³/mol. The summed E-state index contributed by atoms with van der Waals surface area (Å²) in [5.41, 5.74) is 1.55. The Morgan fingerprint density at radius 2 is 1.93 bits per heavy atom. The Balaban J connectivity index is 1.45. The van der Waals surface area contributed by atoms with Crippen LogP contribution in [0.4, 0.5) is 8.78 Å². The summed E-state index contributed by atoms with van der Waals surface area (Å²) in [5, 5.41) is 13.3. The summed E-state index contributed by atoms with van der Waals surface area (Å²) in [6.45, 7) is 6.07. The van der Waals surface area contributed by atoms with E-state index >= 15 is 0 Å². The lowest BCUT2D eigenvalue weighted by Crippen LogP contribution is -2.42. The van der Waals surface area contributed by atoms with Crippen LogP contribution in [0.2, 0.25) is 0 Å². The first-order chi connectivity index (χ1) is 14.0. The third-order valence-corrected chi connectivity index (χ3v) is 4.91. The Morgan fingerprint density at radius 1 is 1.14 bits per heavy atom.